The van der Waals surface area contributed by atoms with Gasteiger partial charge in [-0.05, 0) is 42.5 Å². The maximum atomic E-state index is 12.4. The SMILES string of the molecule is C[C@H]1[C@H](C)CCC[C@H]1NC(=O)c1ccc(S(=O)(=O)N(C)C)cc1. The Balaban J connectivity index is 2.09. The minimum Gasteiger partial charge on any atom is -0.349 e. The summed E-state index contributed by atoms with van der Waals surface area (Å²) >= 11 is 0. The molecule has 1 saturated carbocycles. The van der Waals surface area contributed by atoms with E-state index in [0.717, 1.165) is 17.1 Å². The summed E-state index contributed by atoms with van der Waals surface area (Å²) in [5.74, 6) is 0.938. The fourth-order valence-electron chi connectivity index (χ4n) is 3.03. The third kappa shape index (κ3) is 3.93. The Bertz CT molecular complexity index is 653. The van der Waals surface area contributed by atoms with Crippen LogP contribution in [-0.2, 0) is 10.0 Å². The second-order valence-corrected chi connectivity index (χ2v) is 8.81. The Morgan fingerprint density at radius 2 is 1.74 bits per heavy atom. The first-order valence-corrected chi connectivity index (χ1v) is 9.51. The third-order valence-electron chi connectivity index (χ3n) is 4.92. The molecule has 0 spiro atoms. The molecule has 1 aromatic rings. The lowest BCUT2D eigenvalue weighted by Gasteiger charge is -2.34. The molecule has 0 heterocycles. The third-order valence-corrected chi connectivity index (χ3v) is 6.75. The van der Waals surface area contributed by atoms with E-state index in [1.807, 2.05) is 0 Å². The molecule has 0 radical (unpaired) electrons. The molecule has 1 N–H and O–H groups in total. The van der Waals surface area contributed by atoms with E-state index < -0.39 is 10.0 Å². The van der Waals surface area contributed by atoms with Crippen LogP contribution < -0.4 is 5.32 Å². The van der Waals surface area contributed by atoms with Crippen molar-refractivity contribution in [3.05, 3.63) is 29.8 Å². The van der Waals surface area contributed by atoms with Crippen LogP contribution in [0.4, 0.5) is 0 Å². The monoisotopic (exact) mass is 338 g/mol. The van der Waals surface area contributed by atoms with Gasteiger partial charge in [0.05, 0.1) is 4.90 Å². The highest BCUT2D eigenvalue weighted by Crippen LogP contribution is 2.29. The van der Waals surface area contributed by atoms with Gasteiger partial charge in [0.25, 0.3) is 5.91 Å². The summed E-state index contributed by atoms with van der Waals surface area (Å²) in [5, 5.41) is 3.10. The van der Waals surface area contributed by atoms with Crippen LogP contribution in [0.15, 0.2) is 29.2 Å². The fraction of sp³-hybridized carbons (Fsp3) is 0.588. The van der Waals surface area contributed by atoms with Crippen LogP contribution in [0.3, 0.4) is 0 Å². The van der Waals surface area contributed by atoms with Crippen molar-refractivity contribution in [1.82, 2.24) is 9.62 Å². The Labute approximate surface area is 139 Å². The van der Waals surface area contributed by atoms with Crippen molar-refractivity contribution in [1.29, 1.82) is 0 Å². The quantitative estimate of drug-likeness (QED) is 0.917. The second kappa shape index (κ2) is 7.01. The minimum absolute atomic E-state index is 0.134. The first-order chi connectivity index (χ1) is 10.7. The van der Waals surface area contributed by atoms with E-state index in [1.54, 1.807) is 12.1 Å². The molecule has 1 amide bonds. The van der Waals surface area contributed by atoms with Gasteiger partial charge in [-0.1, -0.05) is 26.7 Å². The molecule has 1 fully saturated rings. The molecular weight excluding hydrogens is 312 g/mol. The van der Waals surface area contributed by atoms with Crippen LogP contribution >= 0.6 is 0 Å². The standard InChI is InChI=1S/C17H26N2O3S/c1-12-6-5-7-16(13(12)2)18-17(20)14-8-10-15(11-9-14)23(21,22)19(3)4/h8-13,16H,5-7H2,1-4H3,(H,18,20)/t12-,13+,16-/m1/s1. The number of carbonyl (C=O) groups is 1. The molecule has 6 heteroatoms. The van der Waals surface area contributed by atoms with Gasteiger partial charge in [0.1, 0.15) is 0 Å². The number of benzene rings is 1. The maximum Gasteiger partial charge on any atom is 0.251 e. The largest absolute Gasteiger partial charge is 0.349 e. The van der Waals surface area contributed by atoms with Crippen molar-refractivity contribution in [3.8, 4) is 0 Å². The predicted octanol–water partition coefficient (Wildman–Crippen LogP) is 2.49. The predicted molar refractivity (Wildman–Crippen MR) is 90.7 cm³/mol. The lowest BCUT2D eigenvalue weighted by molar-refractivity contribution is 0.0891. The molecule has 0 saturated heterocycles. The first kappa shape index (κ1) is 17.9. The van der Waals surface area contributed by atoms with Crippen LogP contribution in [0, 0.1) is 11.8 Å². The summed E-state index contributed by atoms with van der Waals surface area (Å²) in [6.45, 7) is 4.41. The summed E-state index contributed by atoms with van der Waals surface area (Å²) in [6.07, 6.45) is 3.35. The molecule has 23 heavy (non-hydrogen) atoms. The van der Waals surface area contributed by atoms with Gasteiger partial charge >= 0.3 is 0 Å². The van der Waals surface area contributed by atoms with Gasteiger partial charge in [0, 0.05) is 25.7 Å². The number of amides is 1. The van der Waals surface area contributed by atoms with Crippen molar-refractivity contribution in [2.75, 3.05) is 14.1 Å². The van der Waals surface area contributed by atoms with Crippen LogP contribution in [0.5, 0.6) is 0 Å². The molecule has 0 unspecified atom stereocenters. The van der Waals surface area contributed by atoms with E-state index in [2.05, 4.69) is 19.2 Å². The first-order valence-electron chi connectivity index (χ1n) is 8.07. The van der Waals surface area contributed by atoms with Crippen molar-refractivity contribution in [3.63, 3.8) is 0 Å². The smallest absolute Gasteiger partial charge is 0.251 e. The summed E-state index contributed by atoms with van der Waals surface area (Å²) in [4.78, 5) is 12.6. The number of carbonyl (C=O) groups excluding carboxylic acids is 1. The van der Waals surface area contributed by atoms with Crippen molar-refractivity contribution in [2.45, 2.75) is 44.0 Å². The second-order valence-electron chi connectivity index (χ2n) is 6.66. The zero-order valence-electron chi connectivity index (χ0n) is 14.2. The average molecular weight is 338 g/mol. The van der Waals surface area contributed by atoms with Crippen LogP contribution in [-0.4, -0.2) is 38.8 Å². The average Bonchev–Trinajstić information content (AvgIpc) is 2.51. The molecule has 2 rings (SSSR count). The molecule has 5 nitrogen and oxygen atoms in total. The van der Waals surface area contributed by atoms with E-state index in [1.165, 1.54) is 32.6 Å². The van der Waals surface area contributed by atoms with E-state index in [-0.39, 0.29) is 16.8 Å². The van der Waals surface area contributed by atoms with Crippen LogP contribution in [0.25, 0.3) is 0 Å². The molecular formula is C17H26N2O3S. The summed E-state index contributed by atoms with van der Waals surface area (Å²) < 4.78 is 25.2. The molecule has 0 aromatic heterocycles. The lowest BCUT2D eigenvalue weighted by atomic mass is 9.78. The molecule has 0 bridgehead atoms. The molecule has 128 valence electrons. The fourth-order valence-corrected chi connectivity index (χ4v) is 3.93. The number of rotatable bonds is 4. The Kier molecular flexibility index (Phi) is 5.47. The van der Waals surface area contributed by atoms with Gasteiger partial charge in [0.2, 0.25) is 10.0 Å². The molecule has 3 atom stereocenters. The van der Waals surface area contributed by atoms with E-state index in [9.17, 15) is 13.2 Å². The minimum atomic E-state index is -3.46. The maximum absolute atomic E-state index is 12.4. The number of nitrogens with one attached hydrogen (secondary N) is 1. The number of sulfonamides is 1. The van der Waals surface area contributed by atoms with Crippen molar-refractivity contribution in [2.24, 2.45) is 11.8 Å². The molecule has 1 aliphatic rings. The van der Waals surface area contributed by atoms with Gasteiger partial charge in [-0.3, -0.25) is 4.79 Å². The topological polar surface area (TPSA) is 66.5 Å². The van der Waals surface area contributed by atoms with Gasteiger partial charge in [-0.15, -0.1) is 0 Å². The molecule has 1 aliphatic carbocycles. The highest BCUT2D eigenvalue weighted by Gasteiger charge is 2.28. The van der Waals surface area contributed by atoms with Gasteiger partial charge in [-0.2, -0.15) is 0 Å². The Hall–Kier alpha value is -1.40. The zero-order chi connectivity index (χ0) is 17.2. The van der Waals surface area contributed by atoms with Crippen LogP contribution in [0.1, 0.15) is 43.5 Å². The summed E-state index contributed by atoms with van der Waals surface area (Å²) in [5.41, 5.74) is 0.494. The number of hydrogen-bond acceptors (Lipinski definition) is 3. The molecule has 1 aromatic carbocycles. The highest BCUT2D eigenvalue weighted by atomic mass is 32.2. The summed E-state index contributed by atoms with van der Waals surface area (Å²) in [6, 6.07) is 6.30. The van der Waals surface area contributed by atoms with Gasteiger partial charge in [-0.25, -0.2) is 12.7 Å². The van der Waals surface area contributed by atoms with E-state index >= 15 is 0 Å². The summed E-state index contributed by atoms with van der Waals surface area (Å²) in [7, 11) is -0.486. The van der Waals surface area contributed by atoms with E-state index in [0.29, 0.717) is 17.4 Å². The Morgan fingerprint density at radius 3 is 2.30 bits per heavy atom. The van der Waals surface area contributed by atoms with Crippen molar-refractivity contribution >= 4 is 15.9 Å². The van der Waals surface area contributed by atoms with E-state index in [4.69, 9.17) is 0 Å². The lowest BCUT2D eigenvalue weighted by Crippen LogP contribution is -2.43. The van der Waals surface area contributed by atoms with Crippen LogP contribution in [0.2, 0.25) is 0 Å². The Morgan fingerprint density at radius 1 is 1.13 bits per heavy atom. The molecule has 0 aliphatic heterocycles. The normalized spacial score (nSPS) is 25.3. The number of hydrogen-bond donors (Lipinski definition) is 1. The van der Waals surface area contributed by atoms with Gasteiger partial charge in [0.15, 0.2) is 0 Å². The highest BCUT2D eigenvalue weighted by molar-refractivity contribution is 7.89. The van der Waals surface area contributed by atoms with Gasteiger partial charge < -0.3 is 5.32 Å². The zero-order valence-corrected chi connectivity index (χ0v) is 15.1. The number of nitrogens with zero attached hydrogens (tertiary/aromatic N) is 1. The van der Waals surface area contributed by atoms with Crippen molar-refractivity contribution < 1.29 is 13.2 Å².